The summed E-state index contributed by atoms with van der Waals surface area (Å²) in [5.41, 5.74) is 1.20. The van der Waals surface area contributed by atoms with Gasteiger partial charge in [0, 0.05) is 18.0 Å². The Hall–Kier alpha value is -2.06. The number of anilines is 2. The number of thiophene rings is 1. The summed E-state index contributed by atoms with van der Waals surface area (Å²) < 4.78 is 45.0. The van der Waals surface area contributed by atoms with E-state index in [9.17, 15) is 18.0 Å². The van der Waals surface area contributed by atoms with E-state index in [4.69, 9.17) is 4.74 Å². The molecule has 0 unspecified atom stereocenters. The lowest BCUT2D eigenvalue weighted by atomic mass is 9.99. The van der Waals surface area contributed by atoms with Crippen LogP contribution in [0, 0.1) is 0 Å². The lowest BCUT2D eigenvalue weighted by Gasteiger charge is -2.31. The molecule has 1 amide bonds. The molecule has 0 spiro atoms. The first-order chi connectivity index (χ1) is 13.4. The number of nitrogens with zero attached hydrogens (tertiary/aromatic N) is 1. The van der Waals surface area contributed by atoms with Gasteiger partial charge in [0.2, 0.25) is 0 Å². The monoisotopic (exact) mass is 410 g/mol. The molecule has 8 heteroatoms. The number of fused-ring (bicyclic) bond motifs is 1. The molecule has 2 heterocycles. The molecule has 4 rings (SSSR count). The zero-order valence-electron chi connectivity index (χ0n) is 15.3. The fraction of sp³-hybridized carbons (Fsp3) is 0.450. The van der Waals surface area contributed by atoms with E-state index in [-0.39, 0.29) is 11.6 Å². The first kappa shape index (κ1) is 19.3. The molecule has 1 saturated heterocycles. The van der Waals surface area contributed by atoms with Gasteiger partial charge in [-0.05, 0) is 55.5 Å². The van der Waals surface area contributed by atoms with Gasteiger partial charge in [-0.25, -0.2) is 0 Å². The van der Waals surface area contributed by atoms with E-state index in [0.29, 0.717) is 36.9 Å². The number of amides is 1. The average molecular weight is 410 g/mol. The Morgan fingerprint density at radius 1 is 1.11 bits per heavy atom. The van der Waals surface area contributed by atoms with Crippen molar-refractivity contribution in [3.63, 3.8) is 0 Å². The fourth-order valence-corrected chi connectivity index (χ4v) is 4.83. The van der Waals surface area contributed by atoms with E-state index in [1.54, 1.807) is 0 Å². The molecule has 1 aliphatic carbocycles. The third kappa shape index (κ3) is 4.03. The predicted molar refractivity (Wildman–Crippen MR) is 103 cm³/mol. The number of rotatable bonds is 3. The molecule has 150 valence electrons. The maximum absolute atomic E-state index is 13.2. The van der Waals surface area contributed by atoms with Crippen LogP contribution in [0.5, 0.6) is 0 Å². The summed E-state index contributed by atoms with van der Waals surface area (Å²) in [6.45, 7) is 2.15. The Morgan fingerprint density at radius 3 is 2.57 bits per heavy atom. The van der Waals surface area contributed by atoms with Crippen molar-refractivity contribution in [2.75, 3.05) is 36.5 Å². The summed E-state index contributed by atoms with van der Waals surface area (Å²) in [6, 6.07) is 5.40. The molecular formula is C20H21F3N2O2S. The summed E-state index contributed by atoms with van der Waals surface area (Å²) >= 11 is 1.45. The zero-order valence-corrected chi connectivity index (χ0v) is 16.1. The zero-order chi connectivity index (χ0) is 19.7. The third-order valence-corrected chi connectivity index (χ3v) is 6.38. The Balaban J connectivity index is 1.63. The summed E-state index contributed by atoms with van der Waals surface area (Å²) in [6.07, 6.45) is -0.314. The van der Waals surface area contributed by atoms with Crippen molar-refractivity contribution in [1.29, 1.82) is 0 Å². The number of halogens is 3. The van der Waals surface area contributed by atoms with Gasteiger partial charge >= 0.3 is 6.18 Å². The molecule has 2 aliphatic rings. The van der Waals surface area contributed by atoms with Crippen LogP contribution >= 0.6 is 11.3 Å². The maximum Gasteiger partial charge on any atom is 0.416 e. The molecule has 4 nitrogen and oxygen atoms in total. The Morgan fingerprint density at radius 2 is 1.86 bits per heavy atom. The van der Waals surface area contributed by atoms with Gasteiger partial charge in [0.15, 0.2) is 0 Å². The highest BCUT2D eigenvalue weighted by Crippen LogP contribution is 2.37. The number of ether oxygens (including phenoxy) is 1. The smallest absolute Gasteiger partial charge is 0.378 e. The number of carbonyl (C=O) groups is 1. The van der Waals surface area contributed by atoms with E-state index >= 15 is 0 Å². The molecule has 1 aromatic carbocycles. The predicted octanol–water partition coefficient (Wildman–Crippen LogP) is 4.73. The normalized spacial score (nSPS) is 17.3. The second kappa shape index (κ2) is 7.75. The minimum absolute atomic E-state index is 0.188. The van der Waals surface area contributed by atoms with Gasteiger partial charge in [-0.3, -0.25) is 4.79 Å². The minimum atomic E-state index is -4.47. The number of hydrogen-bond acceptors (Lipinski definition) is 4. The third-order valence-electron chi connectivity index (χ3n) is 5.14. The minimum Gasteiger partial charge on any atom is -0.378 e. The molecule has 2 aromatic rings. The topological polar surface area (TPSA) is 41.6 Å². The maximum atomic E-state index is 13.2. The first-order valence-corrected chi connectivity index (χ1v) is 10.2. The summed E-state index contributed by atoms with van der Waals surface area (Å²) in [7, 11) is 0. The molecule has 1 aromatic heterocycles. The summed E-state index contributed by atoms with van der Waals surface area (Å²) in [5.74, 6) is -0.353. The Kier molecular flexibility index (Phi) is 5.33. The fourth-order valence-electron chi connectivity index (χ4n) is 3.68. The van der Waals surface area contributed by atoms with Crippen LogP contribution in [0.4, 0.5) is 24.5 Å². The number of alkyl halides is 3. The van der Waals surface area contributed by atoms with Crippen LogP contribution in [0.15, 0.2) is 24.3 Å². The van der Waals surface area contributed by atoms with Gasteiger partial charge in [-0.15, -0.1) is 11.3 Å². The number of aryl methyl sites for hydroxylation is 2. The number of morpholine rings is 1. The summed E-state index contributed by atoms with van der Waals surface area (Å²) in [4.78, 5) is 16.5. The highest BCUT2D eigenvalue weighted by atomic mass is 32.1. The number of nitrogens with one attached hydrogen (secondary N) is 1. The highest BCUT2D eigenvalue weighted by Gasteiger charge is 2.32. The molecule has 1 N–H and O–H groups in total. The van der Waals surface area contributed by atoms with Crippen molar-refractivity contribution >= 4 is 28.6 Å². The number of hydrogen-bond donors (Lipinski definition) is 1. The van der Waals surface area contributed by atoms with Gasteiger partial charge < -0.3 is 15.0 Å². The Bertz CT molecular complexity index is 849. The molecule has 1 fully saturated rings. The van der Waals surface area contributed by atoms with E-state index in [2.05, 4.69) is 5.32 Å². The summed E-state index contributed by atoms with van der Waals surface area (Å²) in [5, 5.41) is 2.73. The molecule has 0 atom stereocenters. The quantitative estimate of drug-likeness (QED) is 0.795. The van der Waals surface area contributed by atoms with E-state index in [1.807, 2.05) is 11.0 Å². The van der Waals surface area contributed by atoms with Crippen molar-refractivity contribution in [2.24, 2.45) is 0 Å². The second-order valence-electron chi connectivity index (χ2n) is 7.05. The molecular weight excluding hydrogens is 389 g/mol. The number of benzene rings is 1. The van der Waals surface area contributed by atoms with Gasteiger partial charge in [0.1, 0.15) is 0 Å². The van der Waals surface area contributed by atoms with Gasteiger partial charge in [0.25, 0.3) is 5.91 Å². The van der Waals surface area contributed by atoms with Crippen LogP contribution in [0.2, 0.25) is 0 Å². The second-order valence-corrected chi connectivity index (χ2v) is 8.19. The van der Waals surface area contributed by atoms with Crippen LogP contribution in [-0.4, -0.2) is 32.2 Å². The van der Waals surface area contributed by atoms with E-state index in [1.165, 1.54) is 27.8 Å². The van der Waals surface area contributed by atoms with Gasteiger partial charge in [-0.2, -0.15) is 13.2 Å². The molecule has 0 radical (unpaired) electrons. The van der Waals surface area contributed by atoms with E-state index in [0.717, 1.165) is 37.8 Å². The average Bonchev–Trinajstić information content (AvgIpc) is 3.12. The largest absolute Gasteiger partial charge is 0.416 e. The van der Waals surface area contributed by atoms with Crippen molar-refractivity contribution in [2.45, 2.75) is 31.9 Å². The molecule has 1 aliphatic heterocycles. The lowest BCUT2D eigenvalue weighted by Crippen LogP contribution is -2.36. The highest BCUT2D eigenvalue weighted by molar-refractivity contribution is 7.14. The number of carbonyl (C=O) groups excluding carboxylic acids is 1. The van der Waals surface area contributed by atoms with Gasteiger partial charge in [0.05, 0.1) is 35.0 Å². The van der Waals surface area contributed by atoms with Crippen molar-refractivity contribution in [3.8, 4) is 0 Å². The SMILES string of the molecule is O=C(Nc1cc(C(F)(F)F)ccc1N1CCOCC1)c1cc2c(s1)CCCC2. The Labute approximate surface area is 165 Å². The van der Waals surface area contributed by atoms with Crippen LogP contribution in [0.3, 0.4) is 0 Å². The van der Waals surface area contributed by atoms with E-state index < -0.39 is 11.7 Å². The van der Waals surface area contributed by atoms with Crippen LogP contribution in [-0.2, 0) is 23.8 Å². The van der Waals surface area contributed by atoms with Gasteiger partial charge in [-0.1, -0.05) is 0 Å². The van der Waals surface area contributed by atoms with Crippen LogP contribution in [0.25, 0.3) is 0 Å². The van der Waals surface area contributed by atoms with Crippen LogP contribution in [0.1, 0.15) is 38.5 Å². The van der Waals surface area contributed by atoms with Crippen molar-refractivity contribution in [1.82, 2.24) is 0 Å². The standard InChI is InChI=1S/C20H21F3N2O2S/c21-20(22,23)14-5-6-16(25-7-9-27-10-8-25)15(12-14)24-19(26)18-11-13-3-1-2-4-17(13)28-18/h5-6,11-12H,1-4,7-10H2,(H,24,26). The molecule has 0 bridgehead atoms. The van der Waals surface area contributed by atoms with Crippen molar-refractivity contribution < 1.29 is 22.7 Å². The van der Waals surface area contributed by atoms with Crippen LogP contribution < -0.4 is 10.2 Å². The van der Waals surface area contributed by atoms with Crippen molar-refractivity contribution in [3.05, 3.63) is 45.1 Å². The first-order valence-electron chi connectivity index (χ1n) is 9.39. The molecule has 28 heavy (non-hydrogen) atoms. The molecule has 0 saturated carbocycles. The lowest BCUT2D eigenvalue weighted by molar-refractivity contribution is -0.137.